The number of carbonyl (C=O) groups is 1. The van der Waals surface area contributed by atoms with Crippen molar-refractivity contribution in [2.24, 2.45) is 0 Å². The van der Waals surface area contributed by atoms with Crippen molar-refractivity contribution in [2.45, 2.75) is 74.8 Å². The monoisotopic (exact) mass is 485 g/mol. The Morgan fingerprint density at radius 2 is 1.67 bits per heavy atom. The molecule has 4 nitrogen and oxygen atoms in total. The number of hydrogen-bond donors (Lipinski definition) is 1. The summed E-state index contributed by atoms with van der Waals surface area (Å²) in [6.07, 6.45) is 3.73. The van der Waals surface area contributed by atoms with Gasteiger partial charge in [-0.15, -0.1) is 11.8 Å². The Morgan fingerprint density at radius 1 is 1.00 bits per heavy atom. The molecule has 33 heavy (non-hydrogen) atoms. The highest BCUT2D eigenvalue weighted by Crippen LogP contribution is 2.47. The third kappa shape index (κ3) is 6.71. The van der Waals surface area contributed by atoms with E-state index in [1.54, 1.807) is 0 Å². The lowest BCUT2D eigenvalue weighted by Crippen LogP contribution is -2.39. The van der Waals surface area contributed by atoms with Crippen LogP contribution in [0, 0.1) is 0 Å². The van der Waals surface area contributed by atoms with Crippen LogP contribution in [-0.2, 0) is 4.79 Å². The topological polar surface area (TPSA) is 35.6 Å². The Labute approximate surface area is 208 Å². The molecule has 1 heterocycles. The van der Waals surface area contributed by atoms with Gasteiger partial charge in [-0.1, -0.05) is 76.2 Å². The highest BCUT2D eigenvalue weighted by atomic mass is 32.2. The van der Waals surface area contributed by atoms with Crippen LogP contribution in [-0.4, -0.2) is 35.5 Å². The Morgan fingerprint density at radius 3 is 2.30 bits per heavy atom. The fourth-order valence-electron chi connectivity index (χ4n) is 4.17. The minimum atomic E-state index is 0.137. The van der Waals surface area contributed by atoms with Crippen molar-refractivity contribution in [3.8, 4) is 0 Å². The second-order valence-electron chi connectivity index (χ2n) is 9.43. The maximum absolute atomic E-state index is 12.7. The highest BCUT2D eigenvalue weighted by molar-refractivity contribution is 8.17. The third-order valence-corrected chi connectivity index (χ3v) is 8.62. The summed E-state index contributed by atoms with van der Waals surface area (Å²) in [6.45, 7) is 8.74. The predicted molar refractivity (Wildman–Crippen MR) is 146 cm³/mol. The molecule has 1 atom stereocenters. The number of hydrogen-bond acceptors (Lipinski definition) is 5. The summed E-state index contributed by atoms with van der Waals surface area (Å²) >= 11 is 3.93. The number of nitrogens with one attached hydrogen (secondary N) is 1. The summed E-state index contributed by atoms with van der Waals surface area (Å²) in [6, 6.07) is 15.0. The van der Waals surface area contributed by atoms with Crippen molar-refractivity contribution >= 4 is 40.8 Å². The lowest BCUT2D eigenvalue weighted by atomic mass is 9.92. The number of hydrazine groups is 1. The van der Waals surface area contributed by atoms with Crippen molar-refractivity contribution in [1.82, 2.24) is 5.01 Å². The number of rotatable bonds is 11. The molecular weight excluding hydrogens is 446 g/mol. The van der Waals surface area contributed by atoms with E-state index in [9.17, 15) is 4.79 Å². The van der Waals surface area contributed by atoms with Crippen LogP contribution in [0.25, 0.3) is 0 Å². The quantitative estimate of drug-likeness (QED) is 0.333. The molecule has 0 saturated heterocycles. The molecule has 1 aliphatic rings. The van der Waals surface area contributed by atoms with Gasteiger partial charge in [0.15, 0.2) is 0 Å². The van der Waals surface area contributed by atoms with Crippen LogP contribution in [0.3, 0.4) is 0 Å². The summed E-state index contributed by atoms with van der Waals surface area (Å²) in [7, 11) is 4.22. The molecule has 3 rings (SSSR count). The largest absolute Gasteiger partial charge is 0.326 e. The molecule has 1 amide bonds. The maximum Gasteiger partial charge on any atom is 0.224 e. The normalized spacial score (nSPS) is 15.5. The Bertz CT molecular complexity index is 903. The standard InChI is InChI=1S/C27H39N3OS2/c1-19(2)21-13-12-14-22(20(3)4)26(21)28-25(31)17-8-7-11-18-32-27-30(29(5)6)23-15-9-10-16-24(23)33-27/h9-10,12-16,19-20,27H,7-8,11,17-18H2,1-6H3,(H,28,31). The van der Waals surface area contributed by atoms with Gasteiger partial charge in [0.05, 0.1) is 5.69 Å². The maximum atomic E-state index is 12.7. The molecule has 180 valence electrons. The van der Waals surface area contributed by atoms with Crippen molar-refractivity contribution in [2.75, 3.05) is 30.2 Å². The van der Waals surface area contributed by atoms with E-state index in [0.29, 0.717) is 23.0 Å². The van der Waals surface area contributed by atoms with Crippen LogP contribution >= 0.6 is 23.5 Å². The average molecular weight is 486 g/mol. The highest BCUT2D eigenvalue weighted by Gasteiger charge is 2.31. The first-order valence-electron chi connectivity index (χ1n) is 12.1. The summed E-state index contributed by atoms with van der Waals surface area (Å²) in [5.41, 5.74) is 4.78. The summed E-state index contributed by atoms with van der Waals surface area (Å²) in [4.78, 5) is 14.1. The van der Waals surface area contributed by atoms with Crippen LogP contribution in [0.15, 0.2) is 47.4 Å². The Hall–Kier alpha value is -1.63. The molecule has 2 aromatic rings. The first-order valence-corrected chi connectivity index (χ1v) is 14.0. The fourth-order valence-corrected chi connectivity index (χ4v) is 7.12. The first kappa shape index (κ1) is 26.0. The van der Waals surface area contributed by atoms with E-state index >= 15 is 0 Å². The van der Waals surface area contributed by atoms with E-state index in [2.05, 4.69) is 99.6 Å². The van der Waals surface area contributed by atoms with Gasteiger partial charge in [-0.25, -0.2) is 5.01 Å². The van der Waals surface area contributed by atoms with Gasteiger partial charge in [0.1, 0.15) is 4.71 Å². The van der Waals surface area contributed by atoms with E-state index in [1.165, 1.54) is 21.7 Å². The zero-order valence-corrected chi connectivity index (χ0v) is 22.6. The van der Waals surface area contributed by atoms with Crippen molar-refractivity contribution in [1.29, 1.82) is 0 Å². The van der Waals surface area contributed by atoms with Gasteiger partial charge in [-0.05, 0) is 53.7 Å². The number of benzene rings is 2. The van der Waals surface area contributed by atoms with Gasteiger partial charge >= 0.3 is 0 Å². The van der Waals surface area contributed by atoms with E-state index in [4.69, 9.17) is 0 Å². The second kappa shape index (κ2) is 12.2. The zero-order valence-electron chi connectivity index (χ0n) is 20.9. The summed E-state index contributed by atoms with van der Waals surface area (Å²) in [5.74, 6) is 2.01. The van der Waals surface area contributed by atoms with Gasteiger partial charge in [0, 0.05) is 31.1 Å². The predicted octanol–water partition coefficient (Wildman–Crippen LogP) is 7.54. The first-order chi connectivity index (χ1) is 15.8. The molecular formula is C27H39N3OS2. The van der Waals surface area contributed by atoms with Crippen molar-refractivity contribution in [3.63, 3.8) is 0 Å². The molecule has 1 unspecified atom stereocenters. The number of nitrogens with zero attached hydrogens (tertiary/aromatic N) is 2. The van der Waals surface area contributed by atoms with Crippen LogP contribution in [0.5, 0.6) is 0 Å². The van der Waals surface area contributed by atoms with Crippen molar-refractivity contribution < 1.29 is 4.79 Å². The molecule has 0 fully saturated rings. The molecule has 0 radical (unpaired) electrons. The summed E-state index contributed by atoms with van der Waals surface area (Å²) in [5, 5.41) is 7.80. The van der Waals surface area contributed by atoms with Crippen molar-refractivity contribution in [3.05, 3.63) is 53.6 Å². The van der Waals surface area contributed by atoms with Crippen LogP contribution in [0.4, 0.5) is 11.4 Å². The van der Waals surface area contributed by atoms with E-state index in [0.717, 1.165) is 30.7 Å². The number of carbonyl (C=O) groups excluding carboxylic acids is 1. The minimum Gasteiger partial charge on any atom is -0.326 e. The fraction of sp³-hybridized carbons (Fsp3) is 0.519. The molecule has 6 heteroatoms. The van der Waals surface area contributed by atoms with Gasteiger partial charge < -0.3 is 5.32 Å². The molecule has 0 saturated carbocycles. The Kier molecular flexibility index (Phi) is 9.59. The molecule has 0 aromatic heterocycles. The minimum absolute atomic E-state index is 0.137. The Balaban J connectivity index is 1.43. The number of fused-ring (bicyclic) bond motifs is 1. The molecule has 1 N–H and O–H groups in total. The second-order valence-corrected chi connectivity index (χ2v) is 12.0. The lowest BCUT2D eigenvalue weighted by Gasteiger charge is -2.31. The summed E-state index contributed by atoms with van der Waals surface area (Å²) < 4.78 is 0.377. The van der Waals surface area contributed by atoms with E-state index in [1.807, 2.05) is 23.5 Å². The smallest absolute Gasteiger partial charge is 0.224 e. The molecule has 0 spiro atoms. The number of amides is 1. The molecule has 0 bridgehead atoms. The van der Waals surface area contributed by atoms with Gasteiger partial charge in [0.2, 0.25) is 5.91 Å². The number of para-hydroxylation sites is 2. The lowest BCUT2D eigenvalue weighted by molar-refractivity contribution is -0.116. The van der Waals surface area contributed by atoms with Gasteiger partial charge in [0.25, 0.3) is 0 Å². The van der Waals surface area contributed by atoms with Crippen LogP contribution in [0.2, 0.25) is 0 Å². The van der Waals surface area contributed by atoms with E-state index in [-0.39, 0.29) is 5.91 Å². The zero-order chi connectivity index (χ0) is 24.0. The SMILES string of the molecule is CC(C)c1cccc(C(C)C)c1NC(=O)CCCCCSC1Sc2ccccc2N1N(C)C. The number of anilines is 2. The number of thioether (sulfide) groups is 2. The van der Waals surface area contributed by atoms with E-state index < -0.39 is 0 Å². The van der Waals surface area contributed by atoms with Gasteiger partial charge in [-0.2, -0.15) is 0 Å². The third-order valence-electron chi connectivity index (χ3n) is 5.92. The van der Waals surface area contributed by atoms with Crippen LogP contribution < -0.4 is 10.3 Å². The average Bonchev–Trinajstić information content (AvgIpc) is 3.14. The van der Waals surface area contributed by atoms with Gasteiger partial charge in [-0.3, -0.25) is 9.80 Å². The molecule has 1 aliphatic heterocycles. The molecule has 2 aromatic carbocycles. The molecule has 0 aliphatic carbocycles. The number of unbranched alkanes of at least 4 members (excludes halogenated alkanes) is 2. The van der Waals surface area contributed by atoms with Crippen LogP contribution in [0.1, 0.15) is 76.3 Å².